The van der Waals surface area contributed by atoms with Crippen LogP contribution in [-0.4, -0.2) is 21.1 Å². The van der Waals surface area contributed by atoms with E-state index in [1.165, 1.54) is 17.1 Å². The normalized spacial score (nSPS) is 10.5. The van der Waals surface area contributed by atoms with Crippen molar-refractivity contribution in [3.8, 4) is 11.6 Å². The molecule has 0 bridgehead atoms. The van der Waals surface area contributed by atoms with Crippen LogP contribution < -0.4 is 0 Å². The molecule has 0 saturated carbocycles. The summed E-state index contributed by atoms with van der Waals surface area (Å²) in [6.45, 7) is 1.96. The van der Waals surface area contributed by atoms with Crippen LogP contribution in [0.4, 0.5) is 0 Å². The standard InChI is InChI=1S/C9H8ClN3O2/c1-6-7(10)8(9-11-2-5-15-9)12-13(6)3-4-14/h2,4-5H,3H2,1H3. The molecule has 78 valence electrons. The first-order valence-corrected chi connectivity index (χ1v) is 4.68. The van der Waals surface area contributed by atoms with Crippen LogP contribution in [0, 0.1) is 6.92 Å². The lowest BCUT2D eigenvalue weighted by Crippen LogP contribution is -2.02. The van der Waals surface area contributed by atoms with Crippen LogP contribution in [-0.2, 0) is 11.3 Å². The first-order chi connectivity index (χ1) is 7.24. The fraction of sp³-hybridized carbons (Fsp3) is 0.222. The van der Waals surface area contributed by atoms with Crippen molar-refractivity contribution in [1.82, 2.24) is 14.8 Å². The van der Waals surface area contributed by atoms with Crippen LogP contribution in [0.2, 0.25) is 5.02 Å². The smallest absolute Gasteiger partial charge is 0.248 e. The Morgan fingerprint density at radius 2 is 2.47 bits per heavy atom. The molecule has 0 aromatic carbocycles. The quantitative estimate of drug-likeness (QED) is 0.746. The number of oxazole rings is 1. The first-order valence-electron chi connectivity index (χ1n) is 4.30. The number of carbonyl (C=O) groups excluding carboxylic acids is 1. The molecule has 2 aromatic rings. The largest absolute Gasteiger partial charge is 0.443 e. The summed E-state index contributed by atoms with van der Waals surface area (Å²) in [6, 6.07) is 0. The van der Waals surface area contributed by atoms with Crippen molar-refractivity contribution in [2.75, 3.05) is 0 Å². The van der Waals surface area contributed by atoms with Crippen molar-refractivity contribution in [2.45, 2.75) is 13.5 Å². The number of aromatic nitrogens is 3. The zero-order chi connectivity index (χ0) is 10.8. The van der Waals surface area contributed by atoms with E-state index in [0.717, 1.165) is 12.0 Å². The van der Waals surface area contributed by atoms with E-state index in [1.54, 1.807) is 6.92 Å². The minimum absolute atomic E-state index is 0.173. The molecule has 0 radical (unpaired) electrons. The van der Waals surface area contributed by atoms with Gasteiger partial charge in [0.25, 0.3) is 0 Å². The Balaban J connectivity index is 2.50. The fourth-order valence-corrected chi connectivity index (χ4v) is 1.47. The van der Waals surface area contributed by atoms with E-state index in [1.807, 2.05) is 0 Å². The van der Waals surface area contributed by atoms with Crippen molar-refractivity contribution in [3.05, 3.63) is 23.2 Å². The Bertz CT molecular complexity index is 476. The van der Waals surface area contributed by atoms with Gasteiger partial charge in [-0.15, -0.1) is 0 Å². The lowest BCUT2D eigenvalue weighted by molar-refractivity contribution is -0.108. The van der Waals surface area contributed by atoms with Gasteiger partial charge in [-0.3, -0.25) is 4.68 Å². The van der Waals surface area contributed by atoms with E-state index in [9.17, 15) is 4.79 Å². The summed E-state index contributed by atoms with van der Waals surface area (Å²) in [5, 5.41) is 4.60. The van der Waals surface area contributed by atoms with Gasteiger partial charge in [-0.2, -0.15) is 5.10 Å². The fourth-order valence-electron chi connectivity index (χ4n) is 1.25. The third kappa shape index (κ3) is 1.66. The van der Waals surface area contributed by atoms with E-state index in [0.29, 0.717) is 16.6 Å². The summed E-state index contributed by atoms with van der Waals surface area (Å²) < 4.78 is 6.60. The summed E-state index contributed by atoms with van der Waals surface area (Å²) >= 11 is 6.04. The molecule has 5 nitrogen and oxygen atoms in total. The third-order valence-electron chi connectivity index (χ3n) is 2.02. The molecule has 0 unspecified atom stereocenters. The lowest BCUT2D eigenvalue weighted by atomic mass is 10.3. The van der Waals surface area contributed by atoms with Gasteiger partial charge in [0.2, 0.25) is 5.89 Å². The van der Waals surface area contributed by atoms with Gasteiger partial charge < -0.3 is 9.21 Å². The van der Waals surface area contributed by atoms with Crippen molar-refractivity contribution < 1.29 is 9.21 Å². The molecule has 0 N–H and O–H groups in total. The van der Waals surface area contributed by atoms with E-state index in [-0.39, 0.29) is 6.54 Å². The molecule has 0 spiro atoms. The minimum Gasteiger partial charge on any atom is -0.443 e. The molecule has 2 aromatic heterocycles. The van der Waals surface area contributed by atoms with E-state index in [4.69, 9.17) is 16.0 Å². The molecule has 2 heterocycles. The van der Waals surface area contributed by atoms with Gasteiger partial charge in [0, 0.05) is 0 Å². The predicted octanol–water partition coefficient (Wildman–Crippen LogP) is 1.70. The lowest BCUT2D eigenvalue weighted by Gasteiger charge is -1.95. The van der Waals surface area contributed by atoms with Crippen LogP contribution in [0.5, 0.6) is 0 Å². The highest BCUT2D eigenvalue weighted by Gasteiger charge is 2.17. The number of carbonyl (C=O) groups is 1. The molecule has 0 amide bonds. The first kappa shape index (κ1) is 9.92. The minimum atomic E-state index is 0.173. The highest BCUT2D eigenvalue weighted by atomic mass is 35.5. The van der Waals surface area contributed by atoms with E-state index >= 15 is 0 Å². The molecular formula is C9H8ClN3O2. The maximum Gasteiger partial charge on any atom is 0.248 e. The average Bonchev–Trinajstić information content (AvgIpc) is 2.82. The Morgan fingerprint density at radius 1 is 1.67 bits per heavy atom. The molecule has 0 aliphatic rings. The van der Waals surface area contributed by atoms with Crippen LogP contribution >= 0.6 is 11.6 Å². The predicted molar refractivity (Wildman–Crippen MR) is 53.5 cm³/mol. The van der Waals surface area contributed by atoms with Gasteiger partial charge in [0.1, 0.15) is 12.5 Å². The Labute approximate surface area is 90.7 Å². The second-order valence-corrected chi connectivity index (χ2v) is 3.31. The van der Waals surface area contributed by atoms with Crippen LogP contribution in [0.15, 0.2) is 16.9 Å². The molecule has 0 saturated heterocycles. The molecule has 0 fully saturated rings. The number of hydrogen-bond acceptors (Lipinski definition) is 4. The summed E-state index contributed by atoms with van der Waals surface area (Å²) in [5.74, 6) is 0.354. The number of halogens is 1. The van der Waals surface area contributed by atoms with Crippen LogP contribution in [0.25, 0.3) is 11.6 Å². The molecule has 0 atom stereocenters. The van der Waals surface area contributed by atoms with Gasteiger partial charge >= 0.3 is 0 Å². The van der Waals surface area contributed by atoms with Gasteiger partial charge in [-0.1, -0.05) is 11.6 Å². The SMILES string of the molecule is Cc1c(Cl)c(-c2ncco2)nn1CC=O. The van der Waals surface area contributed by atoms with Gasteiger partial charge in [-0.25, -0.2) is 4.98 Å². The maximum absolute atomic E-state index is 10.4. The Hall–Kier alpha value is -1.62. The molecule has 0 aliphatic carbocycles. The van der Waals surface area contributed by atoms with Crippen molar-refractivity contribution >= 4 is 17.9 Å². The van der Waals surface area contributed by atoms with E-state index in [2.05, 4.69) is 10.1 Å². The molecule has 15 heavy (non-hydrogen) atoms. The second-order valence-electron chi connectivity index (χ2n) is 2.93. The maximum atomic E-state index is 10.4. The van der Waals surface area contributed by atoms with Crippen molar-refractivity contribution in [3.63, 3.8) is 0 Å². The molecule has 2 rings (SSSR count). The van der Waals surface area contributed by atoms with Crippen molar-refractivity contribution in [1.29, 1.82) is 0 Å². The Morgan fingerprint density at radius 3 is 3.07 bits per heavy atom. The number of hydrogen-bond donors (Lipinski definition) is 0. The topological polar surface area (TPSA) is 60.9 Å². The molecular weight excluding hydrogens is 218 g/mol. The number of rotatable bonds is 3. The second kappa shape index (κ2) is 3.86. The molecule has 0 aliphatic heterocycles. The average molecular weight is 226 g/mol. The van der Waals surface area contributed by atoms with Crippen LogP contribution in [0.3, 0.4) is 0 Å². The molecule has 6 heteroatoms. The monoisotopic (exact) mass is 225 g/mol. The number of aldehydes is 1. The summed E-state index contributed by atoms with van der Waals surface area (Å²) in [5.41, 5.74) is 1.18. The highest BCUT2D eigenvalue weighted by molar-refractivity contribution is 6.33. The van der Waals surface area contributed by atoms with Crippen molar-refractivity contribution in [2.24, 2.45) is 0 Å². The summed E-state index contributed by atoms with van der Waals surface area (Å²) in [7, 11) is 0. The van der Waals surface area contributed by atoms with Gasteiger partial charge in [-0.05, 0) is 6.92 Å². The zero-order valence-corrected chi connectivity index (χ0v) is 8.73. The number of nitrogens with zero attached hydrogens (tertiary/aromatic N) is 3. The van der Waals surface area contributed by atoms with E-state index < -0.39 is 0 Å². The van der Waals surface area contributed by atoms with Crippen LogP contribution in [0.1, 0.15) is 5.69 Å². The summed E-state index contributed by atoms with van der Waals surface area (Å²) in [6.07, 6.45) is 3.72. The zero-order valence-electron chi connectivity index (χ0n) is 7.98. The summed E-state index contributed by atoms with van der Waals surface area (Å²) in [4.78, 5) is 14.3. The third-order valence-corrected chi connectivity index (χ3v) is 2.47. The van der Waals surface area contributed by atoms with Gasteiger partial charge in [0.05, 0.1) is 23.5 Å². The van der Waals surface area contributed by atoms with Gasteiger partial charge in [0.15, 0.2) is 5.69 Å². The highest BCUT2D eigenvalue weighted by Crippen LogP contribution is 2.28. The Kier molecular flexibility index (Phi) is 2.55.